The van der Waals surface area contributed by atoms with Gasteiger partial charge in [-0.2, -0.15) is 0 Å². The predicted molar refractivity (Wildman–Crippen MR) is 184 cm³/mol. The summed E-state index contributed by atoms with van der Waals surface area (Å²) in [6.45, 7) is 10.7. The highest BCUT2D eigenvalue weighted by Gasteiger charge is 2.78. The normalized spacial score (nSPS) is 35.4. The number of aliphatic hydroxyl groups excluding tert-OH is 1. The van der Waals surface area contributed by atoms with Gasteiger partial charge >= 0.3 is 24.1 Å². The van der Waals surface area contributed by atoms with E-state index in [0.717, 1.165) is 13.8 Å². The zero-order chi connectivity index (χ0) is 39.0. The smallest absolute Gasteiger partial charge is 0.455 e. The molecule has 3 aliphatic carbocycles. The van der Waals surface area contributed by atoms with E-state index < -0.39 is 110 Å². The number of allylic oxidation sites excluding steroid dienone is 1. The van der Waals surface area contributed by atoms with Crippen LogP contribution >= 0.6 is 34.8 Å². The number of benzene rings is 1. The zero-order valence-electron chi connectivity index (χ0n) is 30.0. The number of carbonyl (C=O) groups excluding carboxylic acids is 5. The van der Waals surface area contributed by atoms with Crippen LogP contribution in [0.3, 0.4) is 0 Å². The first kappa shape index (κ1) is 40.2. The lowest BCUT2D eigenvalue weighted by atomic mass is 9.45. The average Bonchev–Trinajstić information content (AvgIpc) is 3.01. The molecule has 0 amide bonds. The number of carbonyl (C=O) groups is 5. The number of ether oxygens (including phenoxy) is 6. The highest BCUT2D eigenvalue weighted by molar-refractivity contribution is 6.68. The zero-order valence-corrected chi connectivity index (χ0v) is 32.3. The van der Waals surface area contributed by atoms with Gasteiger partial charge in [-0.05, 0) is 38.5 Å². The monoisotopic (exact) mass is 788 g/mol. The summed E-state index contributed by atoms with van der Waals surface area (Å²) in [6.07, 6.45) is -7.80. The van der Waals surface area contributed by atoms with Crippen LogP contribution in [0.4, 0.5) is 4.79 Å². The third-order valence-electron chi connectivity index (χ3n) is 11.4. The van der Waals surface area contributed by atoms with Gasteiger partial charge in [0.1, 0.15) is 23.9 Å². The Labute approximate surface area is 316 Å². The Hall–Kier alpha value is -2.94. The van der Waals surface area contributed by atoms with Gasteiger partial charge in [-0.15, -0.1) is 0 Å². The maximum atomic E-state index is 15.5. The van der Waals surface area contributed by atoms with Crippen molar-refractivity contribution in [1.82, 2.24) is 0 Å². The molecule has 13 nitrogen and oxygen atoms in total. The highest BCUT2D eigenvalue weighted by atomic mass is 35.6. The van der Waals surface area contributed by atoms with Crippen LogP contribution in [-0.2, 0) is 42.8 Å². The van der Waals surface area contributed by atoms with Gasteiger partial charge in [0.15, 0.2) is 17.0 Å². The fourth-order valence-corrected chi connectivity index (χ4v) is 8.57. The number of halogens is 3. The van der Waals surface area contributed by atoms with Crippen molar-refractivity contribution < 1.29 is 62.6 Å². The summed E-state index contributed by atoms with van der Waals surface area (Å²) in [5.41, 5.74) is -9.34. The molecule has 2 N–H and O–H groups in total. The van der Waals surface area contributed by atoms with E-state index in [-0.39, 0.29) is 24.2 Å². The molecule has 0 aromatic heterocycles. The molecular formula is C36H43Cl3O13. The first-order chi connectivity index (χ1) is 23.8. The molecule has 16 heteroatoms. The van der Waals surface area contributed by atoms with Crippen molar-refractivity contribution in [3.63, 3.8) is 0 Å². The Morgan fingerprint density at radius 2 is 1.60 bits per heavy atom. The SMILES string of the molecule is CC(=O)OC1=C2C(C)C(O)C[C@@](O)([C@@H](OC(=O)c3ccccc3)[C@@H]3[C@]4(OC(C)=O)CO[C@@H]4C[C@H](OC(=O)OC(C)(C)C(Cl)(Cl)Cl)[C@@]3(C)C1=O)C2(C)C. The van der Waals surface area contributed by atoms with Gasteiger partial charge in [0.2, 0.25) is 9.58 Å². The largest absolute Gasteiger partial charge is 0.509 e. The topological polar surface area (TPSA) is 181 Å². The second-order valence-electron chi connectivity index (χ2n) is 15.3. The van der Waals surface area contributed by atoms with E-state index in [9.17, 15) is 29.4 Å². The molecule has 0 radical (unpaired) electrons. The molecule has 3 fully saturated rings. The van der Waals surface area contributed by atoms with Crippen LogP contribution in [0.15, 0.2) is 41.7 Å². The Morgan fingerprint density at radius 1 is 0.981 bits per heavy atom. The lowest BCUT2D eigenvalue weighted by molar-refractivity contribution is -0.345. The minimum absolute atomic E-state index is 0.0570. The van der Waals surface area contributed by atoms with E-state index in [1.54, 1.807) is 39.0 Å². The van der Waals surface area contributed by atoms with Crippen molar-refractivity contribution in [2.24, 2.45) is 22.7 Å². The predicted octanol–water partition coefficient (Wildman–Crippen LogP) is 5.17. The van der Waals surface area contributed by atoms with E-state index in [1.807, 2.05) is 0 Å². The average molecular weight is 790 g/mol. The van der Waals surface area contributed by atoms with E-state index in [4.69, 9.17) is 63.2 Å². The summed E-state index contributed by atoms with van der Waals surface area (Å²) in [6, 6.07) is 7.86. The number of aliphatic hydroxyl groups is 2. The Bertz CT molecular complexity index is 1690. The van der Waals surface area contributed by atoms with E-state index in [1.165, 1.54) is 32.9 Å². The number of alkyl halides is 3. The maximum absolute atomic E-state index is 15.5. The van der Waals surface area contributed by atoms with E-state index >= 15 is 4.79 Å². The van der Waals surface area contributed by atoms with Crippen LogP contribution < -0.4 is 0 Å². The first-order valence-electron chi connectivity index (χ1n) is 16.8. The first-order valence-corrected chi connectivity index (χ1v) is 17.9. The molecule has 2 bridgehead atoms. The number of fused-ring (bicyclic) bond motifs is 5. The van der Waals surface area contributed by atoms with Crippen LogP contribution in [0.25, 0.3) is 0 Å². The van der Waals surface area contributed by atoms with Gasteiger partial charge in [0.05, 0.1) is 29.6 Å². The van der Waals surface area contributed by atoms with Gasteiger partial charge in [0, 0.05) is 38.0 Å². The van der Waals surface area contributed by atoms with Crippen LogP contribution in [0, 0.1) is 22.7 Å². The number of rotatable bonds is 6. The van der Waals surface area contributed by atoms with Crippen LogP contribution in [0.1, 0.15) is 78.6 Å². The van der Waals surface area contributed by atoms with Crippen molar-refractivity contribution in [3.8, 4) is 0 Å². The van der Waals surface area contributed by atoms with Crippen molar-refractivity contribution in [1.29, 1.82) is 0 Å². The van der Waals surface area contributed by atoms with Gasteiger partial charge in [-0.3, -0.25) is 14.4 Å². The van der Waals surface area contributed by atoms with Gasteiger partial charge in [-0.25, -0.2) is 9.59 Å². The van der Waals surface area contributed by atoms with Crippen LogP contribution in [-0.4, -0.2) is 91.7 Å². The Morgan fingerprint density at radius 3 is 2.12 bits per heavy atom. The fraction of sp³-hybridized carbons (Fsp3) is 0.639. The van der Waals surface area contributed by atoms with Crippen LogP contribution in [0.2, 0.25) is 0 Å². The minimum atomic E-state index is -2.26. The van der Waals surface area contributed by atoms with Crippen LogP contribution in [0.5, 0.6) is 0 Å². The minimum Gasteiger partial charge on any atom is -0.455 e. The summed E-state index contributed by atoms with van der Waals surface area (Å²) in [5.74, 6) is -6.48. The number of Topliss-reactive ketones (excluding diaryl/α,β-unsaturated/α-hetero) is 1. The molecule has 1 aliphatic heterocycles. The molecule has 1 aromatic carbocycles. The standard InChI is InChI=1S/C36H43Cl3O13/c1-17-21(42)15-35(46)28(50-29(44)20-12-10-9-11-13-20)26-33(8,27(43)25(48-18(2)40)24(17)31(35,4)5)22(14-23-34(26,16-47-23)51-19(3)41)49-30(45)52-32(6,7)36(37,38)39/h9-13,17,21-23,26,28,42,46H,14-16H2,1-8H3/t17?,21?,22-,23+,26-,28-,33+,34-,35+/m0/s1. The lowest BCUT2D eigenvalue weighted by Gasteiger charge is -2.67. The number of hydrogen-bond donors (Lipinski definition) is 2. The van der Waals surface area contributed by atoms with Crippen molar-refractivity contribution >= 4 is 64.6 Å². The summed E-state index contributed by atoms with van der Waals surface area (Å²) in [4.78, 5) is 68.7. The summed E-state index contributed by atoms with van der Waals surface area (Å²) in [7, 11) is 0. The van der Waals surface area contributed by atoms with E-state index in [0.29, 0.717) is 0 Å². The summed E-state index contributed by atoms with van der Waals surface area (Å²) >= 11 is 18.2. The third kappa shape index (κ3) is 6.28. The second-order valence-corrected chi connectivity index (χ2v) is 17.6. The third-order valence-corrected chi connectivity index (χ3v) is 12.8. The summed E-state index contributed by atoms with van der Waals surface area (Å²) in [5, 5.41) is 24.7. The number of hydrogen-bond acceptors (Lipinski definition) is 13. The molecule has 9 atom stereocenters. The molecule has 1 saturated heterocycles. The van der Waals surface area contributed by atoms with Crippen molar-refractivity contribution in [2.45, 2.75) is 113 Å². The summed E-state index contributed by atoms with van der Waals surface area (Å²) < 4.78 is 33.2. The van der Waals surface area contributed by atoms with Gasteiger partial charge in [-0.1, -0.05) is 73.8 Å². The lowest BCUT2D eigenvalue weighted by Crippen LogP contribution is -2.81. The quantitative estimate of drug-likeness (QED) is 0.219. The molecule has 1 heterocycles. The Kier molecular flexibility index (Phi) is 10.4. The highest BCUT2D eigenvalue weighted by Crippen LogP contribution is 2.65. The molecule has 5 rings (SSSR count). The van der Waals surface area contributed by atoms with E-state index in [2.05, 4.69) is 0 Å². The molecule has 2 unspecified atom stereocenters. The molecule has 1 aromatic rings. The molecule has 52 heavy (non-hydrogen) atoms. The van der Waals surface area contributed by atoms with Crippen molar-refractivity contribution in [3.05, 3.63) is 47.2 Å². The second kappa shape index (κ2) is 13.4. The van der Waals surface area contributed by atoms with Gasteiger partial charge < -0.3 is 38.6 Å². The number of ketones is 1. The molecule has 4 aliphatic rings. The van der Waals surface area contributed by atoms with Crippen molar-refractivity contribution in [2.75, 3.05) is 6.61 Å². The molecular weight excluding hydrogens is 747 g/mol. The number of esters is 3. The molecule has 0 spiro atoms. The fourth-order valence-electron chi connectivity index (χ4n) is 8.45. The van der Waals surface area contributed by atoms with Gasteiger partial charge in [0.25, 0.3) is 0 Å². The molecule has 286 valence electrons. The maximum Gasteiger partial charge on any atom is 0.509 e. The molecule has 2 saturated carbocycles. The Balaban J connectivity index is 1.84.